The third-order valence-corrected chi connectivity index (χ3v) is 2.62. The maximum atomic E-state index is 10.9. The highest BCUT2D eigenvalue weighted by Gasteiger charge is 2.19. The summed E-state index contributed by atoms with van der Waals surface area (Å²) in [6, 6.07) is -0.329. The van der Waals surface area contributed by atoms with E-state index in [2.05, 4.69) is 6.58 Å². The lowest BCUT2D eigenvalue weighted by Crippen LogP contribution is -2.38. The lowest BCUT2D eigenvalue weighted by atomic mass is 10.1. The molecule has 0 rings (SSSR count). The van der Waals surface area contributed by atoms with Crippen molar-refractivity contribution < 1.29 is 9.90 Å². The fraction of sp³-hybridized carbons (Fsp3) is 0.750. The molecule has 0 bridgehead atoms. The van der Waals surface area contributed by atoms with Crippen molar-refractivity contribution in [2.45, 2.75) is 45.1 Å². The van der Waals surface area contributed by atoms with Gasteiger partial charge in [-0.25, -0.2) is 0 Å². The Morgan fingerprint density at radius 3 is 2.60 bits per heavy atom. The Hall–Kier alpha value is -0.830. The van der Waals surface area contributed by atoms with Gasteiger partial charge in [-0.15, -0.1) is 6.58 Å². The minimum atomic E-state index is -0.717. The molecule has 0 fully saturated rings. The van der Waals surface area contributed by atoms with Crippen LogP contribution in [0.5, 0.6) is 0 Å². The monoisotopic (exact) mass is 213 g/mol. The molecule has 0 aliphatic rings. The predicted octanol–water partition coefficient (Wildman–Crippen LogP) is 2.53. The van der Waals surface area contributed by atoms with Crippen LogP contribution < -0.4 is 0 Å². The lowest BCUT2D eigenvalue weighted by Gasteiger charge is -2.23. The number of allylic oxidation sites excluding steroid dienone is 1. The maximum absolute atomic E-state index is 10.9. The number of rotatable bonds is 9. The van der Waals surface area contributed by atoms with Gasteiger partial charge in [0.25, 0.3) is 0 Å². The molecule has 3 nitrogen and oxygen atoms in total. The molecule has 0 aromatic carbocycles. The van der Waals surface area contributed by atoms with Gasteiger partial charge in [-0.1, -0.05) is 19.4 Å². The average Bonchev–Trinajstić information content (AvgIpc) is 2.18. The summed E-state index contributed by atoms with van der Waals surface area (Å²) in [5.41, 5.74) is 0. The van der Waals surface area contributed by atoms with Gasteiger partial charge < -0.3 is 5.11 Å². The van der Waals surface area contributed by atoms with Crippen LogP contribution in [0.25, 0.3) is 0 Å². The Kier molecular flexibility index (Phi) is 8.01. The summed E-state index contributed by atoms with van der Waals surface area (Å²) in [6.45, 7) is 6.44. The second-order valence-electron chi connectivity index (χ2n) is 3.88. The summed E-state index contributed by atoms with van der Waals surface area (Å²) in [7, 11) is 1.88. The normalized spacial score (nSPS) is 12.7. The molecule has 1 N–H and O–H groups in total. The zero-order valence-electron chi connectivity index (χ0n) is 9.91. The van der Waals surface area contributed by atoms with Crippen LogP contribution in [0.2, 0.25) is 0 Å². The highest BCUT2D eigenvalue weighted by atomic mass is 16.4. The van der Waals surface area contributed by atoms with Crippen LogP contribution in [0, 0.1) is 0 Å². The van der Waals surface area contributed by atoms with Gasteiger partial charge >= 0.3 is 5.97 Å². The molecule has 0 saturated carbocycles. The molecule has 0 saturated heterocycles. The molecule has 88 valence electrons. The fourth-order valence-corrected chi connectivity index (χ4v) is 1.66. The summed E-state index contributed by atoms with van der Waals surface area (Å²) in [5, 5.41) is 8.93. The van der Waals surface area contributed by atoms with Gasteiger partial charge in [0.2, 0.25) is 0 Å². The van der Waals surface area contributed by atoms with Crippen molar-refractivity contribution in [3.63, 3.8) is 0 Å². The molecular weight excluding hydrogens is 190 g/mol. The van der Waals surface area contributed by atoms with E-state index in [-0.39, 0.29) is 6.04 Å². The van der Waals surface area contributed by atoms with Crippen LogP contribution in [0.1, 0.15) is 39.0 Å². The number of carboxylic acids is 1. The second-order valence-corrected chi connectivity index (χ2v) is 3.88. The first kappa shape index (κ1) is 14.2. The van der Waals surface area contributed by atoms with Crippen molar-refractivity contribution in [3.05, 3.63) is 12.7 Å². The Labute approximate surface area is 92.8 Å². The molecule has 0 radical (unpaired) electrons. The number of carbonyl (C=O) groups is 1. The van der Waals surface area contributed by atoms with Crippen molar-refractivity contribution in [1.29, 1.82) is 0 Å². The number of unbranched alkanes of at least 4 members (excludes halogenated alkanes) is 3. The number of hydrogen-bond acceptors (Lipinski definition) is 2. The molecule has 0 amide bonds. The van der Waals surface area contributed by atoms with Crippen LogP contribution in [0.3, 0.4) is 0 Å². The van der Waals surface area contributed by atoms with Crippen molar-refractivity contribution in [2.75, 3.05) is 13.6 Å². The molecule has 0 aromatic heterocycles. The van der Waals surface area contributed by atoms with Gasteiger partial charge in [0.1, 0.15) is 6.04 Å². The molecule has 1 unspecified atom stereocenters. The van der Waals surface area contributed by atoms with Gasteiger partial charge in [-0.3, -0.25) is 9.69 Å². The summed E-state index contributed by atoms with van der Waals surface area (Å²) in [6.07, 6.45) is 7.01. The van der Waals surface area contributed by atoms with E-state index in [1.165, 1.54) is 0 Å². The predicted molar refractivity (Wildman–Crippen MR) is 63.0 cm³/mol. The lowest BCUT2D eigenvalue weighted by molar-refractivity contribution is -0.142. The van der Waals surface area contributed by atoms with E-state index in [1.807, 2.05) is 24.9 Å². The van der Waals surface area contributed by atoms with E-state index in [1.54, 1.807) is 0 Å². The number of aliphatic carboxylic acids is 1. The smallest absolute Gasteiger partial charge is 0.320 e. The van der Waals surface area contributed by atoms with Gasteiger partial charge in [0, 0.05) is 0 Å². The Morgan fingerprint density at radius 1 is 1.47 bits per heavy atom. The molecule has 1 atom stereocenters. The molecule has 0 aliphatic carbocycles. The topological polar surface area (TPSA) is 40.5 Å². The van der Waals surface area contributed by atoms with Crippen LogP contribution in [0.15, 0.2) is 12.7 Å². The van der Waals surface area contributed by atoms with Gasteiger partial charge in [0.15, 0.2) is 0 Å². The van der Waals surface area contributed by atoms with Crippen molar-refractivity contribution in [1.82, 2.24) is 4.90 Å². The van der Waals surface area contributed by atoms with Gasteiger partial charge in [-0.2, -0.15) is 0 Å². The Morgan fingerprint density at radius 2 is 2.13 bits per heavy atom. The average molecular weight is 213 g/mol. The molecule has 15 heavy (non-hydrogen) atoms. The first-order chi connectivity index (χ1) is 7.13. The minimum Gasteiger partial charge on any atom is -0.480 e. The zero-order valence-corrected chi connectivity index (χ0v) is 9.91. The van der Waals surface area contributed by atoms with Crippen molar-refractivity contribution in [2.24, 2.45) is 0 Å². The summed E-state index contributed by atoms with van der Waals surface area (Å²) < 4.78 is 0. The minimum absolute atomic E-state index is 0.329. The van der Waals surface area contributed by atoms with Crippen LogP contribution in [-0.4, -0.2) is 35.6 Å². The van der Waals surface area contributed by atoms with Crippen molar-refractivity contribution in [3.8, 4) is 0 Å². The Balaban J connectivity index is 3.66. The second kappa shape index (κ2) is 8.48. The molecule has 0 heterocycles. The SMILES string of the molecule is C=CCCCCCN(C)C(CC)C(=O)O. The molecular formula is C12H23NO2. The largest absolute Gasteiger partial charge is 0.480 e. The molecule has 0 aliphatic heterocycles. The molecule has 3 heteroatoms. The van der Waals surface area contributed by atoms with Gasteiger partial charge in [0.05, 0.1) is 0 Å². The summed E-state index contributed by atoms with van der Waals surface area (Å²) >= 11 is 0. The number of carboxylic acid groups (broad SMARTS) is 1. The van der Waals surface area contributed by atoms with E-state index < -0.39 is 5.97 Å². The zero-order chi connectivity index (χ0) is 11.7. The van der Waals surface area contributed by atoms with Crippen LogP contribution in [-0.2, 0) is 4.79 Å². The Bertz CT molecular complexity index is 192. The van der Waals surface area contributed by atoms with Crippen LogP contribution >= 0.6 is 0 Å². The third-order valence-electron chi connectivity index (χ3n) is 2.62. The first-order valence-electron chi connectivity index (χ1n) is 5.67. The maximum Gasteiger partial charge on any atom is 0.320 e. The van der Waals surface area contributed by atoms with E-state index in [0.29, 0.717) is 6.42 Å². The van der Waals surface area contributed by atoms with Crippen molar-refractivity contribution >= 4 is 5.97 Å². The quantitative estimate of drug-likeness (QED) is 0.472. The third kappa shape index (κ3) is 6.28. The molecule has 0 spiro atoms. The van der Waals surface area contributed by atoms with Gasteiger partial charge in [-0.05, 0) is 39.3 Å². The van der Waals surface area contributed by atoms with E-state index in [9.17, 15) is 4.79 Å². The summed E-state index contributed by atoms with van der Waals surface area (Å²) in [5.74, 6) is -0.717. The highest BCUT2D eigenvalue weighted by Crippen LogP contribution is 2.06. The van der Waals surface area contributed by atoms with E-state index >= 15 is 0 Å². The number of hydrogen-bond donors (Lipinski definition) is 1. The number of likely N-dealkylation sites (N-methyl/N-ethyl adjacent to an activating group) is 1. The van der Waals surface area contributed by atoms with Crippen LogP contribution in [0.4, 0.5) is 0 Å². The standard InChI is InChI=1S/C12H23NO2/c1-4-6-7-8-9-10-13(3)11(5-2)12(14)15/h4,11H,1,5-10H2,2-3H3,(H,14,15). The fourth-order valence-electron chi connectivity index (χ4n) is 1.66. The highest BCUT2D eigenvalue weighted by molar-refractivity contribution is 5.73. The number of nitrogens with zero attached hydrogens (tertiary/aromatic N) is 1. The molecule has 0 aromatic rings. The van der Waals surface area contributed by atoms with E-state index in [4.69, 9.17) is 5.11 Å². The van der Waals surface area contributed by atoms with E-state index in [0.717, 1.165) is 32.2 Å². The first-order valence-corrected chi connectivity index (χ1v) is 5.67. The summed E-state index contributed by atoms with van der Waals surface area (Å²) in [4.78, 5) is 12.8.